The Balaban J connectivity index is 1.21. The lowest BCUT2D eigenvalue weighted by Crippen LogP contribution is -2.28. The molecule has 0 spiro atoms. The van der Waals surface area contributed by atoms with Gasteiger partial charge < -0.3 is 14.8 Å². The molecule has 0 aromatic carbocycles. The van der Waals surface area contributed by atoms with Crippen LogP contribution in [0.1, 0.15) is 37.4 Å². The van der Waals surface area contributed by atoms with Crippen molar-refractivity contribution in [2.75, 3.05) is 16.4 Å². The number of nitrogens with two attached hydrogens (primary N) is 1. The highest BCUT2D eigenvalue weighted by atomic mass is 19.4. The van der Waals surface area contributed by atoms with E-state index in [1.165, 1.54) is 18.6 Å². The third kappa shape index (κ3) is 3.60. The van der Waals surface area contributed by atoms with Crippen molar-refractivity contribution in [2.24, 2.45) is 0 Å². The number of aromatic nitrogens is 5. The summed E-state index contributed by atoms with van der Waals surface area (Å²) in [5.74, 6) is -1.28. The highest BCUT2D eigenvalue weighted by Gasteiger charge is 2.66. The van der Waals surface area contributed by atoms with E-state index in [1.54, 1.807) is 0 Å². The van der Waals surface area contributed by atoms with Crippen LogP contribution in [0.3, 0.4) is 0 Å². The topological polar surface area (TPSA) is 137 Å². The number of fused-ring (bicyclic) bond motifs is 1. The van der Waals surface area contributed by atoms with E-state index >= 15 is 0 Å². The smallest absolute Gasteiger partial charge is 0.383 e. The molecule has 0 aliphatic heterocycles. The molecule has 2 aliphatic carbocycles. The first-order valence-corrected chi connectivity index (χ1v) is 11.1. The second-order valence-corrected chi connectivity index (χ2v) is 8.93. The van der Waals surface area contributed by atoms with E-state index < -0.39 is 23.4 Å². The molecule has 4 N–H and O–H groups in total. The second-order valence-electron chi connectivity index (χ2n) is 8.93. The Morgan fingerprint density at radius 1 is 1.17 bits per heavy atom. The fraction of sp³-hybridized carbons (Fsp3) is 0.318. The number of hydrogen-bond acceptors (Lipinski definition) is 7. The maximum Gasteiger partial charge on any atom is 0.400 e. The quantitative estimate of drug-likeness (QED) is 0.334. The molecule has 14 heteroatoms. The fourth-order valence-electron chi connectivity index (χ4n) is 4.26. The summed E-state index contributed by atoms with van der Waals surface area (Å²) in [6, 6.07) is 1.53. The minimum absolute atomic E-state index is 0.104. The van der Waals surface area contributed by atoms with Crippen molar-refractivity contribution in [1.82, 2.24) is 24.7 Å². The second kappa shape index (κ2) is 7.63. The van der Waals surface area contributed by atoms with Gasteiger partial charge in [0, 0.05) is 35.6 Å². The highest BCUT2D eigenvalue weighted by Crippen LogP contribution is 2.58. The van der Waals surface area contributed by atoms with E-state index in [4.69, 9.17) is 10.3 Å². The van der Waals surface area contributed by atoms with Crippen LogP contribution < -0.4 is 16.4 Å². The summed E-state index contributed by atoms with van der Waals surface area (Å²) in [4.78, 5) is 24.6. The number of hydrogen-bond donors (Lipinski definition) is 3. The molecule has 2 aliphatic rings. The first-order chi connectivity index (χ1) is 17.2. The predicted octanol–water partition coefficient (Wildman–Crippen LogP) is 4.78. The molecule has 0 bridgehead atoms. The zero-order chi connectivity index (χ0) is 25.2. The number of carbonyl (C=O) groups excluding carboxylic acids is 1. The van der Waals surface area contributed by atoms with Gasteiger partial charge in [-0.25, -0.2) is 24.1 Å². The lowest BCUT2D eigenvalue weighted by Gasteiger charge is -2.15. The van der Waals surface area contributed by atoms with E-state index in [1.807, 2.05) is 10.8 Å². The Kier molecular flexibility index (Phi) is 4.72. The number of amides is 2. The Morgan fingerprint density at radius 3 is 2.61 bits per heavy atom. The number of alkyl halides is 3. The standard InChI is InChI=1S/C22H18F4N8O2/c23-13-5-10(12-8-34(11-1-2-11)19-16(12)17(27)29-9-30-19)7-28-18(13)32-20(35)31-15-6-14(33-36-15)21(3-4-21)22(24,25)26/h5-9,11H,1-4H2,(H2,27,29,30)(H2,28,31,32,35). The molecule has 10 nitrogen and oxygen atoms in total. The Bertz CT molecular complexity index is 1500. The van der Waals surface area contributed by atoms with E-state index in [2.05, 4.69) is 30.7 Å². The molecule has 6 rings (SSSR count). The van der Waals surface area contributed by atoms with Crippen molar-refractivity contribution < 1.29 is 26.9 Å². The molecular formula is C22H18F4N8O2. The number of halogens is 4. The van der Waals surface area contributed by atoms with Crippen LogP contribution in [0.4, 0.5) is 39.9 Å². The van der Waals surface area contributed by atoms with Crippen LogP contribution in [0.5, 0.6) is 0 Å². The van der Waals surface area contributed by atoms with E-state index in [9.17, 15) is 22.4 Å². The van der Waals surface area contributed by atoms with E-state index in [-0.39, 0.29) is 36.1 Å². The highest BCUT2D eigenvalue weighted by molar-refractivity contribution is 6.01. The Morgan fingerprint density at radius 2 is 1.94 bits per heavy atom. The van der Waals surface area contributed by atoms with Crippen LogP contribution in [0.15, 0.2) is 35.4 Å². The van der Waals surface area contributed by atoms with Crippen LogP contribution in [0.25, 0.3) is 22.2 Å². The van der Waals surface area contributed by atoms with Gasteiger partial charge in [-0.2, -0.15) is 13.2 Å². The minimum Gasteiger partial charge on any atom is -0.383 e. The molecule has 2 fully saturated rings. The summed E-state index contributed by atoms with van der Waals surface area (Å²) in [7, 11) is 0. The molecular weight excluding hydrogens is 484 g/mol. The van der Waals surface area contributed by atoms with Crippen LogP contribution in [0, 0.1) is 5.82 Å². The molecule has 0 saturated heterocycles. The number of rotatable bonds is 5. The molecule has 0 radical (unpaired) electrons. The fourth-order valence-corrected chi connectivity index (χ4v) is 4.26. The van der Waals surface area contributed by atoms with Crippen molar-refractivity contribution in [3.05, 3.63) is 42.4 Å². The van der Waals surface area contributed by atoms with E-state index in [0.717, 1.165) is 18.9 Å². The zero-order valence-electron chi connectivity index (χ0n) is 18.4. The van der Waals surface area contributed by atoms with Crippen LogP contribution in [-0.4, -0.2) is 36.9 Å². The van der Waals surface area contributed by atoms with Gasteiger partial charge in [-0.1, -0.05) is 5.16 Å². The first-order valence-electron chi connectivity index (χ1n) is 11.1. The first kappa shape index (κ1) is 22.2. The third-order valence-corrected chi connectivity index (χ3v) is 6.49. The summed E-state index contributed by atoms with van der Waals surface area (Å²) in [6.45, 7) is 0. The van der Waals surface area contributed by atoms with Gasteiger partial charge in [0.1, 0.15) is 28.9 Å². The average Bonchev–Trinajstić information content (AvgIpc) is 3.74. The summed E-state index contributed by atoms with van der Waals surface area (Å²) in [5, 5.41) is 8.43. The van der Waals surface area contributed by atoms with Gasteiger partial charge in [-0.05, 0) is 31.7 Å². The third-order valence-electron chi connectivity index (χ3n) is 6.49. The molecule has 0 atom stereocenters. The Labute approximate surface area is 199 Å². The number of anilines is 3. The van der Waals surface area contributed by atoms with Crippen molar-refractivity contribution in [1.29, 1.82) is 0 Å². The minimum atomic E-state index is -4.47. The van der Waals surface area contributed by atoms with Gasteiger partial charge >= 0.3 is 12.2 Å². The molecule has 4 aromatic rings. The average molecular weight is 502 g/mol. The normalized spacial score (nSPS) is 16.8. The SMILES string of the molecule is Nc1ncnc2c1c(-c1cnc(NC(=O)Nc3cc(C4(C(F)(F)F)CC4)no3)c(F)c1)cn2C1CC1. The van der Waals surface area contributed by atoms with Crippen molar-refractivity contribution in [2.45, 2.75) is 43.3 Å². The van der Waals surface area contributed by atoms with Gasteiger partial charge in [0.2, 0.25) is 5.88 Å². The van der Waals surface area contributed by atoms with Crippen LogP contribution in [0.2, 0.25) is 0 Å². The van der Waals surface area contributed by atoms with E-state index in [0.29, 0.717) is 28.2 Å². The van der Waals surface area contributed by atoms with Gasteiger partial charge in [-0.3, -0.25) is 10.6 Å². The van der Waals surface area contributed by atoms with Crippen molar-refractivity contribution in [3.8, 4) is 11.1 Å². The van der Waals surface area contributed by atoms with Gasteiger partial charge in [0.05, 0.1) is 5.39 Å². The molecule has 4 heterocycles. The summed E-state index contributed by atoms with van der Waals surface area (Å²) < 4.78 is 61.4. The largest absolute Gasteiger partial charge is 0.400 e. The van der Waals surface area contributed by atoms with Crippen LogP contribution in [-0.2, 0) is 5.41 Å². The number of carbonyl (C=O) groups is 1. The molecule has 2 amide bonds. The Hall–Kier alpha value is -4.23. The number of nitrogen functional groups attached to an aromatic ring is 1. The van der Waals surface area contributed by atoms with Crippen molar-refractivity contribution in [3.63, 3.8) is 0 Å². The zero-order valence-corrected chi connectivity index (χ0v) is 18.4. The monoisotopic (exact) mass is 502 g/mol. The number of nitrogens with one attached hydrogen (secondary N) is 2. The molecule has 36 heavy (non-hydrogen) atoms. The number of pyridine rings is 1. The molecule has 0 unspecified atom stereocenters. The molecule has 2 saturated carbocycles. The van der Waals surface area contributed by atoms with Gasteiger partial charge in [0.25, 0.3) is 0 Å². The number of urea groups is 1. The van der Waals surface area contributed by atoms with Crippen LogP contribution >= 0.6 is 0 Å². The lowest BCUT2D eigenvalue weighted by atomic mass is 10.0. The number of nitrogens with zero attached hydrogens (tertiary/aromatic N) is 5. The summed E-state index contributed by atoms with van der Waals surface area (Å²) in [5.41, 5.74) is 5.37. The maximum absolute atomic E-state index is 14.9. The maximum atomic E-state index is 14.9. The molecule has 4 aromatic heterocycles. The van der Waals surface area contributed by atoms with Gasteiger partial charge in [-0.15, -0.1) is 0 Å². The summed E-state index contributed by atoms with van der Waals surface area (Å²) >= 11 is 0. The lowest BCUT2D eigenvalue weighted by molar-refractivity contribution is -0.161. The summed E-state index contributed by atoms with van der Waals surface area (Å²) in [6.07, 6.45) is 1.89. The predicted molar refractivity (Wildman–Crippen MR) is 120 cm³/mol. The van der Waals surface area contributed by atoms with Crippen molar-refractivity contribution >= 4 is 34.6 Å². The van der Waals surface area contributed by atoms with Gasteiger partial charge in [0.15, 0.2) is 11.6 Å². The molecule has 186 valence electrons.